The predicted molar refractivity (Wildman–Crippen MR) is 106 cm³/mol. The molecule has 144 valence electrons. The first-order valence-electron chi connectivity index (χ1n) is 8.94. The van der Waals surface area contributed by atoms with Gasteiger partial charge in [0, 0.05) is 11.4 Å². The van der Waals surface area contributed by atoms with Gasteiger partial charge in [0.15, 0.2) is 0 Å². The molecular formula is C21H26N2O4. The lowest BCUT2D eigenvalue weighted by Crippen LogP contribution is -2.17. The lowest BCUT2D eigenvalue weighted by molar-refractivity contribution is -0.116. The summed E-state index contributed by atoms with van der Waals surface area (Å²) < 4.78 is 10.6. The van der Waals surface area contributed by atoms with E-state index in [1.807, 2.05) is 39.0 Å². The van der Waals surface area contributed by atoms with Gasteiger partial charge in [-0.05, 0) is 62.6 Å². The highest BCUT2D eigenvalue weighted by Gasteiger charge is 2.11. The van der Waals surface area contributed by atoms with Gasteiger partial charge in [0.1, 0.15) is 5.75 Å². The van der Waals surface area contributed by atoms with Crippen LogP contribution >= 0.6 is 0 Å². The van der Waals surface area contributed by atoms with Crippen LogP contribution in [0.3, 0.4) is 0 Å². The first-order chi connectivity index (χ1) is 12.9. The molecule has 0 saturated carbocycles. The van der Waals surface area contributed by atoms with Crippen LogP contribution in [0, 0.1) is 20.8 Å². The smallest absolute Gasteiger partial charge is 0.411 e. The topological polar surface area (TPSA) is 76.7 Å². The van der Waals surface area contributed by atoms with Crippen molar-refractivity contribution >= 4 is 23.4 Å². The number of aryl methyl sites for hydroxylation is 2. The second-order valence-corrected chi connectivity index (χ2v) is 6.24. The Kier molecular flexibility index (Phi) is 7.23. The van der Waals surface area contributed by atoms with E-state index in [2.05, 4.69) is 10.6 Å². The van der Waals surface area contributed by atoms with E-state index in [1.165, 1.54) is 0 Å². The zero-order chi connectivity index (χ0) is 19.8. The Morgan fingerprint density at radius 3 is 2.41 bits per heavy atom. The maximum Gasteiger partial charge on any atom is 0.411 e. The molecule has 0 saturated heterocycles. The maximum absolute atomic E-state index is 12.2. The van der Waals surface area contributed by atoms with Gasteiger partial charge in [-0.3, -0.25) is 10.1 Å². The van der Waals surface area contributed by atoms with Gasteiger partial charge in [0.2, 0.25) is 5.91 Å². The third-order valence-corrected chi connectivity index (χ3v) is 4.05. The Morgan fingerprint density at radius 2 is 1.70 bits per heavy atom. The fourth-order valence-electron chi connectivity index (χ4n) is 2.51. The van der Waals surface area contributed by atoms with Crippen LogP contribution in [0.25, 0.3) is 0 Å². The molecule has 2 aromatic carbocycles. The molecule has 0 spiro atoms. The zero-order valence-corrected chi connectivity index (χ0v) is 16.2. The minimum Gasteiger partial charge on any atom is -0.493 e. The molecule has 6 heteroatoms. The largest absolute Gasteiger partial charge is 0.493 e. The summed E-state index contributed by atoms with van der Waals surface area (Å²) in [5.74, 6) is 0.635. The van der Waals surface area contributed by atoms with E-state index in [9.17, 15) is 9.59 Å². The number of hydrogen-bond donors (Lipinski definition) is 2. The van der Waals surface area contributed by atoms with E-state index >= 15 is 0 Å². The molecule has 0 bridgehead atoms. The molecule has 0 fully saturated rings. The van der Waals surface area contributed by atoms with Gasteiger partial charge >= 0.3 is 6.09 Å². The van der Waals surface area contributed by atoms with E-state index in [-0.39, 0.29) is 18.9 Å². The van der Waals surface area contributed by atoms with Gasteiger partial charge in [-0.1, -0.05) is 18.2 Å². The average Bonchev–Trinajstić information content (AvgIpc) is 2.61. The number of carbonyl (C=O) groups excluding carboxylic acids is 2. The molecular weight excluding hydrogens is 344 g/mol. The SMILES string of the molecule is CCOC(=O)Nc1cccc(NC(=O)CCOc2cc(C)ccc2C)c1C. The molecule has 0 heterocycles. The fraction of sp³-hybridized carbons (Fsp3) is 0.333. The van der Waals surface area contributed by atoms with Crippen LogP contribution in [0.1, 0.15) is 30.0 Å². The van der Waals surface area contributed by atoms with Gasteiger partial charge in [-0.2, -0.15) is 0 Å². The molecule has 2 rings (SSSR count). The van der Waals surface area contributed by atoms with Crippen LogP contribution in [-0.4, -0.2) is 25.2 Å². The maximum atomic E-state index is 12.2. The number of benzene rings is 2. The van der Waals surface area contributed by atoms with Gasteiger partial charge in [-0.25, -0.2) is 4.79 Å². The van der Waals surface area contributed by atoms with Crippen LogP contribution < -0.4 is 15.4 Å². The summed E-state index contributed by atoms with van der Waals surface area (Å²) in [6.45, 7) is 8.12. The second-order valence-electron chi connectivity index (χ2n) is 6.24. The Bertz CT molecular complexity index is 818. The van der Waals surface area contributed by atoms with Gasteiger partial charge in [0.05, 0.1) is 19.6 Å². The number of hydrogen-bond acceptors (Lipinski definition) is 4. The van der Waals surface area contributed by atoms with E-state index in [4.69, 9.17) is 9.47 Å². The van der Waals surface area contributed by atoms with Gasteiger partial charge in [0.25, 0.3) is 0 Å². The summed E-state index contributed by atoms with van der Waals surface area (Å²) in [5, 5.41) is 5.52. The van der Waals surface area contributed by atoms with Crippen molar-refractivity contribution in [3.63, 3.8) is 0 Å². The van der Waals surface area contributed by atoms with Crippen molar-refractivity contribution in [2.45, 2.75) is 34.1 Å². The van der Waals surface area contributed by atoms with Crippen LogP contribution in [0.5, 0.6) is 5.75 Å². The Labute approximate surface area is 159 Å². The molecule has 2 aromatic rings. The van der Waals surface area contributed by atoms with Crippen molar-refractivity contribution in [3.05, 3.63) is 53.1 Å². The molecule has 2 amide bonds. The van der Waals surface area contributed by atoms with Gasteiger partial charge < -0.3 is 14.8 Å². The number of anilines is 2. The van der Waals surface area contributed by atoms with E-state index in [0.717, 1.165) is 22.4 Å². The summed E-state index contributed by atoms with van der Waals surface area (Å²) in [5.41, 5.74) is 4.14. The molecule has 0 aromatic heterocycles. The predicted octanol–water partition coefficient (Wildman–Crippen LogP) is 4.59. The summed E-state index contributed by atoms with van der Waals surface area (Å²) in [7, 11) is 0. The van der Waals surface area contributed by atoms with Crippen LogP contribution in [0.2, 0.25) is 0 Å². The number of rotatable bonds is 7. The first kappa shape index (κ1) is 20.3. The molecule has 0 atom stereocenters. The average molecular weight is 370 g/mol. The highest BCUT2D eigenvalue weighted by molar-refractivity contribution is 5.94. The Hall–Kier alpha value is -3.02. The molecule has 2 N–H and O–H groups in total. The Balaban J connectivity index is 1.91. The molecule has 0 aliphatic carbocycles. The van der Waals surface area contributed by atoms with Crippen molar-refractivity contribution in [3.8, 4) is 5.75 Å². The summed E-state index contributed by atoms with van der Waals surface area (Å²) in [6, 6.07) is 11.3. The van der Waals surface area contributed by atoms with E-state index in [0.29, 0.717) is 18.0 Å². The highest BCUT2D eigenvalue weighted by Crippen LogP contribution is 2.24. The Morgan fingerprint density at radius 1 is 1.00 bits per heavy atom. The second kappa shape index (κ2) is 9.62. The van der Waals surface area contributed by atoms with Crippen molar-refractivity contribution in [2.24, 2.45) is 0 Å². The molecule has 0 aliphatic heterocycles. The minimum absolute atomic E-state index is 0.156. The van der Waals surface area contributed by atoms with Crippen molar-refractivity contribution in [1.29, 1.82) is 0 Å². The van der Waals surface area contributed by atoms with Crippen LogP contribution in [-0.2, 0) is 9.53 Å². The monoisotopic (exact) mass is 370 g/mol. The normalized spacial score (nSPS) is 10.2. The van der Waals surface area contributed by atoms with E-state index in [1.54, 1.807) is 25.1 Å². The molecule has 0 unspecified atom stereocenters. The third-order valence-electron chi connectivity index (χ3n) is 4.05. The summed E-state index contributed by atoms with van der Waals surface area (Å²) in [6.07, 6.45) is -0.298. The van der Waals surface area contributed by atoms with E-state index < -0.39 is 6.09 Å². The summed E-state index contributed by atoms with van der Waals surface area (Å²) >= 11 is 0. The lowest BCUT2D eigenvalue weighted by atomic mass is 10.1. The zero-order valence-electron chi connectivity index (χ0n) is 16.2. The lowest BCUT2D eigenvalue weighted by Gasteiger charge is -2.14. The van der Waals surface area contributed by atoms with Crippen molar-refractivity contribution in [2.75, 3.05) is 23.8 Å². The first-order valence-corrected chi connectivity index (χ1v) is 8.94. The molecule has 0 aliphatic rings. The third kappa shape index (κ3) is 6.02. The number of ether oxygens (including phenoxy) is 2. The molecule has 6 nitrogen and oxygen atoms in total. The van der Waals surface area contributed by atoms with Crippen LogP contribution in [0.15, 0.2) is 36.4 Å². The minimum atomic E-state index is -0.522. The fourth-order valence-corrected chi connectivity index (χ4v) is 2.51. The number of amides is 2. The number of nitrogens with one attached hydrogen (secondary N) is 2. The van der Waals surface area contributed by atoms with Crippen LogP contribution in [0.4, 0.5) is 16.2 Å². The van der Waals surface area contributed by atoms with Crippen molar-refractivity contribution < 1.29 is 19.1 Å². The quantitative estimate of drug-likeness (QED) is 0.747. The molecule has 0 radical (unpaired) electrons. The molecule has 27 heavy (non-hydrogen) atoms. The standard InChI is InChI=1S/C21H26N2O4/c1-5-26-21(25)23-18-8-6-7-17(16(18)4)22-20(24)11-12-27-19-13-14(2)9-10-15(19)3/h6-10,13H,5,11-12H2,1-4H3,(H,22,24)(H,23,25). The highest BCUT2D eigenvalue weighted by atomic mass is 16.5. The summed E-state index contributed by atoms with van der Waals surface area (Å²) in [4.78, 5) is 23.8. The number of carbonyl (C=O) groups is 2. The van der Waals surface area contributed by atoms with Crippen molar-refractivity contribution in [1.82, 2.24) is 0 Å². The van der Waals surface area contributed by atoms with Gasteiger partial charge in [-0.15, -0.1) is 0 Å².